The molecule has 1 unspecified atom stereocenters. The Balaban J connectivity index is 1.70. The van der Waals surface area contributed by atoms with Crippen molar-refractivity contribution in [2.24, 2.45) is 0 Å². The lowest BCUT2D eigenvalue weighted by Crippen LogP contribution is -3.08. The molecular weight excluding hydrogens is 376 g/mol. The van der Waals surface area contributed by atoms with Crippen molar-refractivity contribution in [3.8, 4) is 11.5 Å². The summed E-state index contributed by atoms with van der Waals surface area (Å²) in [5, 5.41) is 0.727. The predicted molar refractivity (Wildman–Crippen MR) is 110 cm³/mol. The molecule has 1 fully saturated rings. The lowest BCUT2D eigenvalue weighted by molar-refractivity contribution is -0.885. The topological polar surface area (TPSA) is 43.2 Å². The molecule has 1 amide bonds. The number of nitrogens with one attached hydrogen (secondary N) is 1. The molecule has 1 N–H and O–H groups in total. The molecule has 3 rings (SSSR count). The number of benzene rings is 2. The normalized spacial score (nSPS) is 17.4. The lowest BCUT2D eigenvalue weighted by Gasteiger charge is -2.27. The van der Waals surface area contributed by atoms with E-state index in [1.54, 1.807) is 14.2 Å². The average molecular weight is 404 g/mol. The van der Waals surface area contributed by atoms with Gasteiger partial charge in [0.05, 0.1) is 27.3 Å². The average Bonchev–Trinajstić information content (AvgIpc) is 3.19. The van der Waals surface area contributed by atoms with E-state index in [2.05, 4.69) is 0 Å². The summed E-state index contributed by atoms with van der Waals surface area (Å²) in [6.45, 7) is 2.01. The standard InChI is InChI=1S/C22H27ClN2O3/c1-24(14-16-6-8-17(23)9-7-16)15-22(26)25-12-4-5-20(25)19-13-18(27-2)10-11-21(19)28-3/h6-11,13,20H,4-5,12,14-15H2,1-3H3/p+1/t20-/m0/s1. The van der Waals surface area contributed by atoms with Crippen LogP contribution in [0.2, 0.25) is 5.02 Å². The summed E-state index contributed by atoms with van der Waals surface area (Å²) in [6.07, 6.45) is 1.93. The van der Waals surface area contributed by atoms with Gasteiger partial charge in [0, 0.05) is 22.7 Å². The first-order valence-electron chi connectivity index (χ1n) is 9.59. The Bertz CT molecular complexity index is 810. The monoisotopic (exact) mass is 403 g/mol. The van der Waals surface area contributed by atoms with Crippen molar-refractivity contribution in [2.45, 2.75) is 25.4 Å². The van der Waals surface area contributed by atoms with Crippen LogP contribution in [-0.2, 0) is 11.3 Å². The number of quaternary nitrogens is 1. The molecule has 5 nitrogen and oxygen atoms in total. The molecule has 0 aromatic heterocycles. The van der Waals surface area contributed by atoms with E-state index in [0.717, 1.165) is 52.9 Å². The van der Waals surface area contributed by atoms with Crippen LogP contribution in [0.3, 0.4) is 0 Å². The highest BCUT2D eigenvalue weighted by Gasteiger charge is 2.33. The molecule has 2 aromatic carbocycles. The smallest absolute Gasteiger partial charge is 0.278 e. The predicted octanol–water partition coefficient (Wildman–Crippen LogP) is 2.74. The summed E-state index contributed by atoms with van der Waals surface area (Å²) in [4.78, 5) is 16.2. The number of hydrogen-bond donors (Lipinski definition) is 1. The van der Waals surface area contributed by atoms with Gasteiger partial charge in [0.2, 0.25) is 0 Å². The summed E-state index contributed by atoms with van der Waals surface area (Å²) < 4.78 is 10.9. The molecule has 0 bridgehead atoms. The summed E-state index contributed by atoms with van der Waals surface area (Å²) >= 11 is 5.95. The highest BCUT2D eigenvalue weighted by Crippen LogP contribution is 2.38. The van der Waals surface area contributed by atoms with E-state index in [9.17, 15) is 4.79 Å². The van der Waals surface area contributed by atoms with Crippen molar-refractivity contribution >= 4 is 17.5 Å². The van der Waals surface area contributed by atoms with Gasteiger partial charge >= 0.3 is 0 Å². The third-order valence-electron chi connectivity index (χ3n) is 5.24. The number of hydrogen-bond acceptors (Lipinski definition) is 3. The van der Waals surface area contributed by atoms with Gasteiger partial charge in [0.15, 0.2) is 6.54 Å². The molecule has 0 saturated carbocycles. The minimum atomic E-state index is 0.0286. The molecule has 2 aromatic rings. The summed E-state index contributed by atoms with van der Waals surface area (Å²) in [5.41, 5.74) is 2.19. The molecule has 0 radical (unpaired) electrons. The minimum Gasteiger partial charge on any atom is -0.497 e. The van der Waals surface area contributed by atoms with Gasteiger partial charge < -0.3 is 19.3 Å². The number of carbonyl (C=O) groups is 1. The molecule has 0 aliphatic carbocycles. The Hall–Kier alpha value is -2.24. The van der Waals surface area contributed by atoms with Gasteiger partial charge in [-0.3, -0.25) is 4.79 Å². The van der Waals surface area contributed by atoms with E-state index < -0.39 is 0 Å². The Kier molecular flexibility index (Phi) is 6.81. The van der Waals surface area contributed by atoms with E-state index in [1.165, 1.54) is 5.56 Å². The number of rotatable bonds is 7. The molecule has 0 spiro atoms. The molecule has 6 heteroatoms. The van der Waals surface area contributed by atoms with Gasteiger partial charge in [-0.1, -0.05) is 23.7 Å². The van der Waals surface area contributed by atoms with Crippen molar-refractivity contribution < 1.29 is 19.2 Å². The fraction of sp³-hybridized carbons (Fsp3) is 0.409. The summed E-state index contributed by atoms with van der Waals surface area (Å²) in [6, 6.07) is 13.6. The van der Waals surface area contributed by atoms with Crippen molar-refractivity contribution in [2.75, 3.05) is 34.4 Å². The first kappa shape index (κ1) is 20.5. The Labute approximate surface area is 171 Å². The van der Waals surface area contributed by atoms with E-state index in [-0.39, 0.29) is 11.9 Å². The van der Waals surface area contributed by atoms with Crippen molar-refractivity contribution in [1.29, 1.82) is 0 Å². The second kappa shape index (κ2) is 9.30. The van der Waals surface area contributed by atoms with Crippen LogP contribution in [0.1, 0.15) is 30.0 Å². The highest BCUT2D eigenvalue weighted by atomic mass is 35.5. The van der Waals surface area contributed by atoms with E-state index in [0.29, 0.717) is 6.54 Å². The maximum absolute atomic E-state index is 13.0. The molecule has 1 heterocycles. The van der Waals surface area contributed by atoms with E-state index in [4.69, 9.17) is 21.1 Å². The number of nitrogens with zero attached hydrogens (tertiary/aromatic N) is 1. The number of ether oxygens (including phenoxy) is 2. The molecule has 2 atom stereocenters. The molecule has 1 aliphatic heterocycles. The number of carbonyl (C=O) groups excluding carboxylic acids is 1. The molecule has 28 heavy (non-hydrogen) atoms. The number of methoxy groups -OCH3 is 2. The lowest BCUT2D eigenvalue weighted by atomic mass is 10.0. The second-order valence-electron chi connectivity index (χ2n) is 7.29. The van der Waals surface area contributed by atoms with Crippen LogP contribution in [0.15, 0.2) is 42.5 Å². The summed E-state index contributed by atoms with van der Waals surface area (Å²) in [5.74, 6) is 1.74. The molecule has 150 valence electrons. The van der Waals surface area contributed by atoms with Crippen LogP contribution in [-0.4, -0.2) is 45.2 Å². The van der Waals surface area contributed by atoms with Crippen LogP contribution in [0.25, 0.3) is 0 Å². The first-order chi connectivity index (χ1) is 13.5. The minimum absolute atomic E-state index is 0.0286. The molecule has 1 aliphatic rings. The molecular formula is C22H28ClN2O3+. The van der Waals surface area contributed by atoms with Gasteiger partial charge in [-0.15, -0.1) is 0 Å². The zero-order valence-electron chi connectivity index (χ0n) is 16.7. The largest absolute Gasteiger partial charge is 0.497 e. The summed E-state index contributed by atoms with van der Waals surface area (Å²) in [7, 11) is 5.36. The number of likely N-dealkylation sites (tertiary alicyclic amines) is 1. The van der Waals surface area contributed by atoms with Crippen molar-refractivity contribution in [1.82, 2.24) is 4.90 Å². The van der Waals surface area contributed by atoms with Crippen LogP contribution in [0, 0.1) is 0 Å². The number of likely N-dealkylation sites (N-methyl/N-ethyl adjacent to an activating group) is 1. The van der Waals surface area contributed by atoms with Gasteiger partial charge in [0.1, 0.15) is 18.0 Å². The molecule has 1 saturated heterocycles. The highest BCUT2D eigenvalue weighted by molar-refractivity contribution is 6.30. The third-order valence-corrected chi connectivity index (χ3v) is 5.49. The fourth-order valence-electron chi connectivity index (χ4n) is 3.86. The van der Waals surface area contributed by atoms with Crippen LogP contribution >= 0.6 is 11.6 Å². The second-order valence-corrected chi connectivity index (χ2v) is 7.73. The zero-order valence-corrected chi connectivity index (χ0v) is 17.5. The SMILES string of the molecule is COc1ccc(OC)c([C@@H]2CCCN2C(=O)C[NH+](C)Cc2ccc(Cl)cc2)c1. The fourth-order valence-corrected chi connectivity index (χ4v) is 3.99. The van der Waals surface area contributed by atoms with Crippen LogP contribution in [0.4, 0.5) is 0 Å². The van der Waals surface area contributed by atoms with Gasteiger partial charge in [-0.25, -0.2) is 0 Å². The Morgan fingerprint density at radius 3 is 2.61 bits per heavy atom. The van der Waals surface area contributed by atoms with Crippen molar-refractivity contribution in [3.05, 3.63) is 58.6 Å². The maximum atomic E-state index is 13.0. The van der Waals surface area contributed by atoms with E-state index >= 15 is 0 Å². The Morgan fingerprint density at radius 1 is 1.18 bits per heavy atom. The first-order valence-corrected chi connectivity index (χ1v) is 9.96. The Morgan fingerprint density at radius 2 is 1.93 bits per heavy atom. The van der Waals surface area contributed by atoms with Gasteiger partial charge in [-0.2, -0.15) is 0 Å². The van der Waals surface area contributed by atoms with Gasteiger partial charge in [0.25, 0.3) is 5.91 Å². The van der Waals surface area contributed by atoms with Crippen LogP contribution in [0.5, 0.6) is 11.5 Å². The third kappa shape index (κ3) is 4.78. The van der Waals surface area contributed by atoms with Gasteiger partial charge in [-0.05, 0) is 43.2 Å². The van der Waals surface area contributed by atoms with Crippen molar-refractivity contribution in [3.63, 3.8) is 0 Å². The maximum Gasteiger partial charge on any atom is 0.278 e. The zero-order chi connectivity index (χ0) is 20.1. The quantitative estimate of drug-likeness (QED) is 0.773. The van der Waals surface area contributed by atoms with Crippen LogP contribution < -0.4 is 14.4 Å². The number of amides is 1. The van der Waals surface area contributed by atoms with E-state index in [1.807, 2.05) is 54.4 Å². The number of halogens is 1.